The zero-order valence-electron chi connectivity index (χ0n) is 12.4. The Balaban J connectivity index is 3.08. The van der Waals surface area contributed by atoms with Crippen LogP contribution in [0.1, 0.15) is 37.6 Å². The van der Waals surface area contributed by atoms with E-state index in [1.54, 1.807) is 0 Å². The topological polar surface area (TPSA) is 84.3 Å². The number of anilines is 1. The van der Waals surface area contributed by atoms with E-state index in [9.17, 15) is 14.9 Å². The molecule has 0 saturated carbocycles. The van der Waals surface area contributed by atoms with Crippen molar-refractivity contribution in [3.05, 3.63) is 32.8 Å². The van der Waals surface area contributed by atoms with Gasteiger partial charge >= 0.3 is 0 Å². The van der Waals surface area contributed by atoms with Crippen molar-refractivity contribution in [2.75, 3.05) is 18.4 Å². The molecular formula is C14H20ClN3O3. The summed E-state index contributed by atoms with van der Waals surface area (Å²) in [4.78, 5) is 22.6. The fraction of sp³-hybridized carbons (Fsp3) is 0.500. The van der Waals surface area contributed by atoms with Crippen LogP contribution in [0.5, 0.6) is 0 Å². The second-order valence-corrected chi connectivity index (χ2v) is 5.55. The molecule has 0 aliphatic rings. The van der Waals surface area contributed by atoms with Crippen LogP contribution < -0.4 is 10.6 Å². The van der Waals surface area contributed by atoms with Gasteiger partial charge in [0.25, 0.3) is 11.6 Å². The van der Waals surface area contributed by atoms with Crippen LogP contribution >= 0.6 is 11.6 Å². The molecule has 2 N–H and O–H groups in total. The highest BCUT2D eigenvalue weighted by Gasteiger charge is 2.21. The highest BCUT2D eigenvalue weighted by molar-refractivity contribution is 6.34. The summed E-state index contributed by atoms with van der Waals surface area (Å²) in [6.07, 6.45) is 0.810. The minimum Gasteiger partial charge on any atom is -0.378 e. The first kappa shape index (κ1) is 17.2. The van der Waals surface area contributed by atoms with Crippen LogP contribution in [0.3, 0.4) is 0 Å². The van der Waals surface area contributed by atoms with Crippen LogP contribution in [0.4, 0.5) is 11.4 Å². The van der Waals surface area contributed by atoms with Crippen molar-refractivity contribution in [2.45, 2.75) is 27.2 Å². The van der Waals surface area contributed by atoms with Gasteiger partial charge in [0.2, 0.25) is 0 Å². The number of nitro benzene ring substituents is 1. The van der Waals surface area contributed by atoms with Crippen LogP contribution in [-0.2, 0) is 0 Å². The second-order valence-electron chi connectivity index (χ2n) is 5.14. The molecule has 0 atom stereocenters. The molecule has 1 amide bonds. The lowest BCUT2D eigenvalue weighted by Gasteiger charge is -2.11. The van der Waals surface area contributed by atoms with Crippen LogP contribution in [0, 0.1) is 16.0 Å². The van der Waals surface area contributed by atoms with Gasteiger partial charge in [-0.1, -0.05) is 32.4 Å². The molecular weight excluding hydrogens is 294 g/mol. The number of hydrogen-bond acceptors (Lipinski definition) is 4. The molecule has 0 fully saturated rings. The third kappa shape index (κ3) is 4.90. The Labute approximate surface area is 129 Å². The fourth-order valence-corrected chi connectivity index (χ4v) is 1.97. The molecule has 6 nitrogen and oxygen atoms in total. The van der Waals surface area contributed by atoms with Crippen LogP contribution in [0.25, 0.3) is 0 Å². The second kappa shape index (κ2) is 7.83. The normalized spacial score (nSPS) is 10.5. The number of amides is 1. The molecule has 0 bridgehead atoms. The zero-order valence-corrected chi connectivity index (χ0v) is 13.2. The molecule has 116 valence electrons. The van der Waals surface area contributed by atoms with Gasteiger partial charge in [-0.05, 0) is 18.4 Å². The SMILES string of the molecule is CCCNc1c(Cl)cc(C(=O)NCC(C)C)cc1[N+](=O)[O-]. The zero-order chi connectivity index (χ0) is 16.0. The van der Waals surface area contributed by atoms with Gasteiger partial charge in [0.1, 0.15) is 5.69 Å². The number of hydrogen-bond donors (Lipinski definition) is 2. The number of halogens is 1. The van der Waals surface area contributed by atoms with Crippen molar-refractivity contribution in [1.29, 1.82) is 0 Å². The van der Waals surface area contributed by atoms with Crippen molar-refractivity contribution in [1.82, 2.24) is 5.32 Å². The molecule has 1 aromatic rings. The van der Waals surface area contributed by atoms with E-state index >= 15 is 0 Å². The van der Waals surface area contributed by atoms with Gasteiger partial charge in [-0.2, -0.15) is 0 Å². The van der Waals surface area contributed by atoms with Crippen molar-refractivity contribution in [3.8, 4) is 0 Å². The van der Waals surface area contributed by atoms with Gasteiger partial charge in [-0.15, -0.1) is 0 Å². The maximum atomic E-state index is 12.0. The molecule has 0 aliphatic carbocycles. The first-order valence-corrected chi connectivity index (χ1v) is 7.24. The van der Waals surface area contributed by atoms with E-state index in [1.165, 1.54) is 12.1 Å². The van der Waals surface area contributed by atoms with Gasteiger partial charge in [0.05, 0.1) is 9.95 Å². The summed E-state index contributed by atoms with van der Waals surface area (Å²) in [5.41, 5.74) is 0.254. The van der Waals surface area contributed by atoms with Gasteiger partial charge in [0, 0.05) is 24.7 Å². The van der Waals surface area contributed by atoms with Gasteiger partial charge in [-0.25, -0.2) is 0 Å². The number of nitrogens with zero attached hydrogens (tertiary/aromatic N) is 1. The number of carbonyl (C=O) groups is 1. The average Bonchev–Trinajstić information content (AvgIpc) is 2.42. The lowest BCUT2D eigenvalue weighted by molar-refractivity contribution is -0.384. The predicted molar refractivity (Wildman–Crippen MR) is 84.1 cm³/mol. The third-order valence-electron chi connectivity index (χ3n) is 2.75. The summed E-state index contributed by atoms with van der Waals surface area (Å²) in [6, 6.07) is 2.70. The van der Waals surface area contributed by atoms with Gasteiger partial charge in [0.15, 0.2) is 0 Å². The molecule has 0 heterocycles. The van der Waals surface area contributed by atoms with Gasteiger partial charge in [-0.3, -0.25) is 14.9 Å². The predicted octanol–water partition coefficient (Wildman–Crippen LogP) is 3.46. The largest absolute Gasteiger partial charge is 0.378 e. The monoisotopic (exact) mass is 313 g/mol. The third-order valence-corrected chi connectivity index (χ3v) is 3.05. The Morgan fingerprint density at radius 1 is 1.43 bits per heavy atom. The molecule has 1 rings (SSSR count). The molecule has 1 aromatic carbocycles. The summed E-state index contributed by atoms with van der Waals surface area (Å²) in [7, 11) is 0. The van der Waals surface area contributed by atoms with E-state index in [0.29, 0.717) is 19.0 Å². The smallest absolute Gasteiger partial charge is 0.294 e. The van der Waals surface area contributed by atoms with E-state index in [-0.39, 0.29) is 27.9 Å². The Morgan fingerprint density at radius 2 is 2.10 bits per heavy atom. The van der Waals surface area contributed by atoms with E-state index in [4.69, 9.17) is 11.6 Å². The van der Waals surface area contributed by atoms with E-state index in [1.807, 2.05) is 20.8 Å². The number of rotatable bonds is 7. The maximum absolute atomic E-state index is 12.0. The standard InChI is InChI=1S/C14H20ClN3O3/c1-4-5-16-13-11(15)6-10(7-12(13)18(20)21)14(19)17-8-9(2)3/h6-7,9,16H,4-5,8H2,1-3H3,(H,17,19). The molecule has 21 heavy (non-hydrogen) atoms. The first-order chi connectivity index (χ1) is 9.86. The lowest BCUT2D eigenvalue weighted by Crippen LogP contribution is -2.27. The Morgan fingerprint density at radius 3 is 2.62 bits per heavy atom. The molecule has 0 spiro atoms. The van der Waals surface area contributed by atoms with E-state index < -0.39 is 4.92 Å². The highest BCUT2D eigenvalue weighted by Crippen LogP contribution is 2.33. The fourth-order valence-electron chi connectivity index (χ4n) is 1.69. The van der Waals surface area contributed by atoms with Crippen LogP contribution in [0.15, 0.2) is 12.1 Å². The lowest BCUT2D eigenvalue weighted by atomic mass is 10.1. The van der Waals surface area contributed by atoms with Crippen molar-refractivity contribution < 1.29 is 9.72 Å². The first-order valence-electron chi connectivity index (χ1n) is 6.86. The number of benzene rings is 1. The summed E-state index contributed by atoms with van der Waals surface area (Å²) >= 11 is 6.07. The molecule has 0 saturated heterocycles. The Hall–Kier alpha value is -1.82. The summed E-state index contributed by atoms with van der Waals surface area (Å²) in [5.74, 6) is -0.0688. The average molecular weight is 314 g/mol. The Bertz CT molecular complexity index is 532. The molecule has 0 aliphatic heterocycles. The number of nitrogens with one attached hydrogen (secondary N) is 2. The molecule has 7 heteroatoms. The quantitative estimate of drug-likeness (QED) is 0.596. The van der Waals surface area contributed by atoms with Crippen molar-refractivity contribution >= 4 is 28.9 Å². The molecule has 0 aromatic heterocycles. The van der Waals surface area contributed by atoms with Gasteiger partial charge < -0.3 is 10.6 Å². The van der Waals surface area contributed by atoms with Crippen LogP contribution in [-0.4, -0.2) is 23.9 Å². The van der Waals surface area contributed by atoms with Crippen LogP contribution in [0.2, 0.25) is 5.02 Å². The van der Waals surface area contributed by atoms with E-state index in [0.717, 1.165) is 6.42 Å². The summed E-state index contributed by atoms with van der Waals surface area (Å²) in [6.45, 7) is 6.95. The minimum atomic E-state index is -0.539. The number of carbonyl (C=O) groups excluding carboxylic acids is 1. The molecule has 0 unspecified atom stereocenters. The van der Waals surface area contributed by atoms with E-state index in [2.05, 4.69) is 10.6 Å². The maximum Gasteiger partial charge on any atom is 0.294 e. The minimum absolute atomic E-state index is 0.173. The number of nitro groups is 1. The summed E-state index contributed by atoms with van der Waals surface area (Å²) in [5, 5.41) is 17.0. The molecule has 0 radical (unpaired) electrons. The van der Waals surface area contributed by atoms with Crippen molar-refractivity contribution in [2.24, 2.45) is 5.92 Å². The Kier molecular flexibility index (Phi) is 6.42. The summed E-state index contributed by atoms with van der Waals surface area (Å²) < 4.78 is 0. The highest BCUT2D eigenvalue weighted by atomic mass is 35.5. The van der Waals surface area contributed by atoms with Crippen molar-refractivity contribution in [3.63, 3.8) is 0 Å².